The van der Waals surface area contributed by atoms with Crippen LogP contribution in [-0.4, -0.2) is 27.1 Å². The summed E-state index contributed by atoms with van der Waals surface area (Å²) in [5, 5.41) is 17.7. The lowest BCUT2D eigenvalue weighted by Crippen LogP contribution is -2.15. The third-order valence-electron chi connectivity index (χ3n) is 4.49. The van der Waals surface area contributed by atoms with Crippen molar-refractivity contribution in [2.75, 3.05) is 6.66 Å². The first kappa shape index (κ1) is 16.7. The Morgan fingerprint density at radius 3 is 1.50 bits per heavy atom. The average Bonchev–Trinajstić information content (AvgIpc) is 3.29. The number of aromatic amines is 2. The summed E-state index contributed by atoms with van der Waals surface area (Å²) in [4.78, 5) is 0. The second kappa shape index (κ2) is 6.89. The van der Waals surface area contributed by atoms with Gasteiger partial charge in [0.2, 0.25) is 0 Å². The van der Waals surface area contributed by atoms with Crippen LogP contribution in [0.25, 0.3) is 22.5 Å². The molecule has 0 aliphatic rings. The van der Waals surface area contributed by atoms with Crippen LogP contribution in [0.2, 0.25) is 0 Å². The lowest BCUT2D eigenvalue weighted by molar-refractivity contribution is 1.05. The summed E-state index contributed by atoms with van der Waals surface area (Å²) < 4.78 is 0. The highest BCUT2D eigenvalue weighted by molar-refractivity contribution is 7.72. The first-order valence-corrected chi connectivity index (χ1v) is 10.4. The maximum atomic E-state index is 4.47. The Morgan fingerprint density at radius 1 is 0.692 bits per heavy atom. The topological polar surface area (TPSA) is 57.4 Å². The summed E-state index contributed by atoms with van der Waals surface area (Å²) in [5.74, 6) is 0. The Morgan fingerprint density at radius 2 is 1.12 bits per heavy atom. The molecule has 0 fully saturated rings. The van der Waals surface area contributed by atoms with Gasteiger partial charge in [-0.15, -0.1) is 0 Å². The van der Waals surface area contributed by atoms with Crippen LogP contribution in [-0.2, 0) is 0 Å². The average molecular weight is 360 g/mol. The minimum atomic E-state index is -0.549. The molecule has 4 nitrogen and oxygen atoms in total. The number of nitrogens with one attached hydrogen (secondary N) is 2. The van der Waals surface area contributed by atoms with Crippen LogP contribution < -0.4 is 10.6 Å². The highest BCUT2D eigenvalue weighted by Gasteiger charge is 2.18. The van der Waals surface area contributed by atoms with Gasteiger partial charge in [0.1, 0.15) is 0 Å². The van der Waals surface area contributed by atoms with Crippen molar-refractivity contribution in [3.05, 3.63) is 72.1 Å². The third-order valence-corrected chi connectivity index (χ3v) is 6.72. The van der Waals surface area contributed by atoms with Gasteiger partial charge in [-0.2, -0.15) is 10.2 Å². The molecule has 0 spiro atoms. The van der Waals surface area contributed by atoms with Crippen molar-refractivity contribution >= 4 is 18.5 Å². The van der Waals surface area contributed by atoms with Crippen molar-refractivity contribution in [2.24, 2.45) is 0 Å². The predicted molar refractivity (Wildman–Crippen MR) is 110 cm³/mol. The second-order valence-corrected chi connectivity index (χ2v) is 8.55. The Balaban J connectivity index is 1.82. The van der Waals surface area contributed by atoms with E-state index in [-0.39, 0.29) is 0 Å². The van der Waals surface area contributed by atoms with E-state index in [1.807, 2.05) is 13.8 Å². The Hall–Kier alpha value is -2.71. The van der Waals surface area contributed by atoms with Gasteiger partial charge in [0.05, 0.1) is 11.4 Å². The van der Waals surface area contributed by atoms with Crippen molar-refractivity contribution < 1.29 is 0 Å². The molecule has 0 unspecified atom stereocenters. The van der Waals surface area contributed by atoms with Crippen LogP contribution >= 0.6 is 7.92 Å². The predicted octanol–water partition coefficient (Wildman–Crippen LogP) is 4.15. The number of hydrogen-bond donors (Lipinski definition) is 2. The number of nitrogens with zero attached hydrogens (tertiary/aromatic N) is 2. The molecule has 130 valence electrons. The van der Waals surface area contributed by atoms with Crippen molar-refractivity contribution in [1.82, 2.24) is 20.4 Å². The van der Waals surface area contributed by atoms with E-state index in [1.165, 1.54) is 21.7 Å². The van der Waals surface area contributed by atoms with Gasteiger partial charge in [-0.25, -0.2) is 0 Å². The zero-order valence-electron chi connectivity index (χ0n) is 15.1. The lowest BCUT2D eigenvalue weighted by atomic mass is 10.1. The quantitative estimate of drug-likeness (QED) is 0.537. The molecule has 0 saturated heterocycles. The van der Waals surface area contributed by atoms with E-state index in [2.05, 4.69) is 87.7 Å². The minimum Gasteiger partial charge on any atom is -0.282 e. The van der Waals surface area contributed by atoms with Crippen LogP contribution in [0.15, 0.2) is 60.7 Å². The minimum absolute atomic E-state index is 0.549. The van der Waals surface area contributed by atoms with Crippen molar-refractivity contribution in [3.63, 3.8) is 0 Å². The van der Waals surface area contributed by atoms with Crippen molar-refractivity contribution in [2.45, 2.75) is 13.8 Å². The Bertz CT molecular complexity index is 964. The zero-order valence-corrected chi connectivity index (χ0v) is 16.0. The summed E-state index contributed by atoms with van der Waals surface area (Å²) in [6, 6.07) is 21.3. The van der Waals surface area contributed by atoms with Crippen LogP contribution in [0, 0.1) is 13.8 Å². The van der Waals surface area contributed by atoms with Gasteiger partial charge < -0.3 is 0 Å². The lowest BCUT2D eigenvalue weighted by Gasteiger charge is -2.19. The van der Waals surface area contributed by atoms with E-state index < -0.39 is 7.92 Å². The summed E-state index contributed by atoms with van der Waals surface area (Å²) in [6.07, 6.45) is 0. The molecule has 0 bridgehead atoms. The summed E-state index contributed by atoms with van der Waals surface area (Å²) >= 11 is 0. The standard InChI is InChI=1S/C21H21N4P/c1-14-12-18(24-22-14)16-8-4-6-10-20(16)26(3)21-11-7-5-9-17(21)19-13-15(2)23-25-19/h4-13H,1-3H3,(H,22,24)(H,23,25). The molecule has 0 aliphatic heterocycles. The SMILES string of the molecule is Cc1cc(-c2ccccc2P(C)c2ccccc2-c2cc(C)[nH]n2)n[nH]1. The first-order chi connectivity index (χ1) is 12.6. The molecule has 5 heteroatoms. The maximum Gasteiger partial charge on any atom is 0.0929 e. The Kier molecular flexibility index (Phi) is 4.44. The van der Waals surface area contributed by atoms with E-state index in [0.717, 1.165) is 22.8 Å². The van der Waals surface area contributed by atoms with Crippen LogP contribution in [0.3, 0.4) is 0 Å². The molecule has 2 aromatic heterocycles. The molecule has 4 aromatic rings. The largest absolute Gasteiger partial charge is 0.282 e. The van der Waals surface area contributed by atoms with Crippen molar-refractivity contribution in [1.29, 1.82) is 0 Å². The molecular weight excluding hydrogens is 339 g/mol. The van der Waals surface area contributed by atoms with Gasteiger partial charge in [0.25, 0.3) is 0 Å². The number of benzene rings is 2. The van der Waals surface area contributed by atoms with Gasteiger partial charge in [-0.3, -0.25) is 10.2 Å². The van der Waals surface area contributed by atoms with Crippen LogP contribution in [0.4, 0.5) is 0 Å². The van der Waals surface area contributed by atoms with E-state index in [1.54, 1.807) is 0 Å². The normalized spacial score (nSPS) is 11.2. The summed E-state index contributed by atoms with van der Waals surface area (Å²) in [7, 11) is -0.549. The molecule has 0 amide bonds. The van der Waals surface area contributed by atoms with E-state index >= 15 is 0 Å². The van der Waals surface area contributed by atoms with Crippen molar-refractivity contribution in [3.8, 4) is 22.5 Å². The van der Waals surface area contributed by atoms with Crippen LogP contribution in [0.5, 0.6) is 0 Å². The number of aromatic nitrogens is 4. The molecule has 0 radical (unpaired) electrons. The molecule has 2 N–H and O–H groups in total. The van der Waals surface area contributed by atoms with Gasteiger partial charge >= 0.3 is 0 Å². The molecule has 0 saturated carbocycles. The smallest absolute Gasteiger partial charge is 0.0929 e. The van der Waals surface area contributed by atoms with Gasteiger partial charge in [0, 0.05) is 22.5 Å². The second-order valence-electron chi connectivity index (χ2n) is 6.47. The third kappa shape index (κ3) is 3.09. The van der Waals surface area contributed by atoms with E-state index in [9.17, 15) is 0 Å². The number of aryl methyl sites for hydroxylation is 2. The summed E-state index contributed by atoms with van der Waals surface area (Å²) in [6.45, 7) is 6.37. The molecular formula is C21H21N4P. The number of H-pyrrole nitrogens is 2. The molecule has 4 rings (SSSR count). The van der Waals surface area contributed by atoms with Crippen LogP contribution in [0.1, 0.15) is 11.4 Å². The Labute approximate surface area is 154 Å². The van der Waals surface area contributed by atoms with Gasteiger partial charge in [-0.05, 0) is 51.2 Å². The van der Waals surface area contributed by atoms with E-state index in [4.69, 9.17) is 0 Å². The summed E-state index contributed by atoms with van der Waals surface area (Å²) in [5.41, 5.74) is 6.53. The monoisotopic (exact) mass is 360 g/mol. The maximum absolute atomic E-state index is 4.47. The van der Waals surface area contributed by atoms with Gasteiger partial charge in [0.15, 0.2) is 0 Å². The molecule has 0 aliphatic carbocycles. The first-order valence-electron chi connectivity index (χ1n) is 8.60. The number of hydrogen-bond acceptors (Lipinski definition) is 2. The molecule has 26 heavy (non-hydrogen) atoms. The fourth-order valence-electron chi connectivity index (χ4n) is 3.21. The highest BCUT2D eigenvalue weighted by Crippen LogP contribution is 2.37. The fourth-order valence-corrected chi connectivity index (χ4v) is 5.19. The fraction of sp³-hybridized carbons (Fsp3) is 0.143. The molecule has 0 atom stereocenters. The molecule has 2 aromatic carbocycles. The van der Waals surface area contributed by atoms with E-state index in [0.29, 0.717) is 0 Å². The molecule has 2 heterocycles. The highest BCUT2D eigenvalue weighted by atomic mass is 31.1. The van der Waals surface area contributed by atoms with Gasteiger partial charge in [-0.1, -0.05) is 48.5 Å². The number of rotatable bonds is 4. The zero-order chi connectivity index (χ0) is 18.1.